The van der Waals surface area contributed by atoms with E-state index in [1.165, 1.54) is 0 Å². The number of nitrogens with one attached hydrogen (secondary N) is 2. The van der Waals surface area contributed by atoms with E-state index in [0.717, 1.165) is 10.2 Å². The molecule has 5 heteroatoms. The minimum Gasteiger partial charge on any atom is -0.492 e. The van der Waals surface area contributed by atoms with E-state index in [4.69, 9.17) is 4.74 Å². The summed E-state index contributed by atoms with van der Waals surface area (Å²) in [5, 5.41) is 2.77. The quantitative estimate of drug-likeness (QED) is 0.834. The van der Waals surface area contributed by atoms with Crippen LogP contribution >= 0.6 is 15.9 Å². The Hall–Kier alpha value is -1.75. The van der Waals surface area contributed by atoms with Crippen LogP contribution in [0.15, 0.2) is 47.1 Å². The van der Waals surface area contributed by atoms with Crippen molar-refractivity contribution >= 4 is 21.8 Å². The van der Waals surface area contributed by atoms with E-state index in [1.54, 1.807) is 12.3 Å². The Kier molecular flexibility index (Phi) is 4.41. The highest BCUT2D eigenvalue weighted by Gasteiger charge is 2.06. The van der Waals surface area contributed by atoms with Crippen molar-refractivity contribution in [1.82, 2.24) is 10.3 Å². The van der Waals surface area contributed by atoms with Gasteiger partial charge in [0.1, 0.15) is 18.1 Å². The third-order valence-corrected chi connectivity index (χ3v) is 2.75. The fourth-order valence-electron chi connectivity index (χ4n) is 1.44. The number of benzene rings is 1. The van der Waals surface area contributed by atoms with E-state index in [9.17, 15) is 4.79 Å². The van der Waals surface area contributed by atoms with Gasteiger partial charge in [-0.3, -0.25) is 4.79 Å². The summed E-state index contributed by atoms with van der Waals surface area (Å²) in [6.45, 7) is 0.905. The van der Waals surface area contributed by atoms with Crippen molar-refractivity contribution in [2.75, 3.05) is 13.2 Å². The van der Waals surface area contributed by atoms with Crippen LogP contribution < -0.4 is 10.1 Å². The van der Waals surface area contributed by atoms with Crippen LogP contribution in [-0.4, -0.2) is 24.0 Å². The summed E-state index contributed by atoms with van der Waals surface area (Å²) in [6.07, 6.45) is 1.72. The third kappa shape index (κ3) is 3.63. The Balaban J connectivity index is 1.71. The smallest absolute Gasteiger partial charge is 0.267 e. The van der Waals surface area contributed by atoms with Crippen LogP contribution in [0.5, 0.6) is 5.75 Å². The van der Waals surface area contributed by atoms with Crippen LogP contribution in [0, 0.1) is 0 Å². The summed E-state index contributed by atoms with van der Waals surface area (Å²) < 4.78 is 6.32. The lowest BCUT2D eigenvalue weighted by Crippen LogP contribution is -2.28. The Morgan fingerprint density at radius 1 is 1.33 bits per heavy atom. The number of H-pyrrole nitrogens is 1. The fourth-order valence-corrected chi connectivity index (χ4v) is 1.79. The van der Waals surface area contributed by atoms with E-state index in [1.807, 2.05) is 30.3 Å². The molecule has 0 unspecified atom stereocenters. The molecule has 0 saturated carbocycles. The normalized spacial score (nSPS) is 10.1. The summed E-state index contributed by atoms with van der Waals surface area (Å²) in [7, 11) is 0. The van der Waals surface area contributed by atoms with Gasteiger partial charge in [0.15, 0.2) is 0 Å². The van der Waals surface area contributed by atoms with Crippen LogP contribution in [0.1, 0.15) is 10.5 Å². The van der Waals surface area contributed by atoms with Gasteiger partial charge in [0.2, 0.25) is 0 Å². The molecule has 2 aromatic rings. The van der Waals surface area contributed by atoms with Crippen LogP contribution in [-0.2, 0) is 0 Å². The molecule has 0 aliphatic rings. The van der Waals surface area contributed by atoms with Crippen LogP contribution in [0.2, 0.25) is 0 Å². The maximum absolute atomic E-state index is 11.7. The Morgan fingerprint density at radius 3 is 2.78 bits per heavy atom. The summed E-state index contributed by atoms with van der Waals surface area (Å²) in [4.78, 5) is 14.5. The van der Waals surface area contributed by atoms with Gasteiger partial charge in [-0.2, -0.15) is 0 Å². The van der Waals surface area contributed by atoms with E-state index in [0.29, 0.717) is 18.8 Å². The van der Waals surface area contributed by atoms with E-state index < -0.39 is 0 Å². The summed E-state index contributed by atoms with van der Waals surface area (Å²) in [5.74, 6) is 0.659. The molecule has 0 radical (unpaired) electrons. The molecule has 4 nitrogen and oxygen atoms in total. The second-order valence-corrected chi connectivity index (χ2v) is 4.56. The molecule has 0 aliphatic heterocycles. The molecule has 18 heavy (non-hydrogen) atoms. The van der Waals surface area contributed by atoms with Crippen molar-refractivity contribution < 1.29 is 9.53 Å². The lowest BCUT2D eigenvalue weighted by Gasteiger charge is -2.06. The zero-order chi connectivity index (χ0) is 12.8. The van der Waals surface area contributed by atoms with Crippen LogP contribution in [0.3, 0.4) is 0 Å². The largest absolute Gasteiger partial charge is 0.492 e. The van der Waals surface area contributed by atoms with Gasteiger partial charge >= 0.3 is 0 Å². The monoisotopic (exact) mass is 308 g/mol. The Morgan fingerprint density at radius 2 is 2.11 bits per heavy atom. The predicted molar refractivity (Wildman–Crippen MR) is 72.8 cm³/mol. The average Bonchev–Trinajstić information content (AvgIpc) is 2.82. The minimum atomic E-state index is -0.141. The fraction of sp³-hybridized carbons (Fsp3) is 0.154. The van der Waals surface area contributed by atoms with Gasteiger partial charge in [0.25, 0.3) is 5.91 Å². The maximum Gasteiger partial charge on any atom is 0.267 e. The van der Waals surface area contributed by atoms with Gasteiger partial charge < -0.3 is 15.0 Å². The van der Waals surface area contributed by atoms with Crippen molar-refractivity contribution in [1.29, 1.82) is 0 Å². The Labute approximate surface area is 113 Å². The number of halogens is 1. The molecule has 0 aliphatic carbocycles. The van der Waals surface area contributed by atoms with Crippen molar-refractivity contribution in [3.05, 3.63) is 52.8 Å². The van der Waals surface area contributed by atoms with Gasteiger partial charge in [-0.15, -0.1) is 0 Å². The van der Waals surface area contributed by atoms with Crippen LogP contribution in [0.25, 0.3) is 0 Å². The summed E-state index contributed by atoms with van der Waals surface area (Å²) in [5.41, 5.74) is 0.529. The highest BCUT2D eigenvalue weighted by Crippen LogP contribution is 2.10. The number of para-hydroxylation sites is 1. The second kappa shape index (κ2) is 6.26. The zero-order valence-corrected chi connectivity index (χ0v) is 11.2. The number of hydrogen-bond acceptors (Lipinski definition) is 2. The van der Waals surface area contributed by atoms with Crippen molar-refractivity contribution in [2.24, 2.45) is 0 Å². The lowest BCUT2D eigenvalue weighted by atomic mass is 10.3. The predicted octanol–water partition coefficient (Wildman–Crippen LogP) is 2.59. The molecule has 1 heterocycles. The molecule has 1 aromatic heterocycles. The molecule has 2 rings (SSSR count). The molecular weight excluding hydrogens is 296 g/mol. The number of aromatic amines is 1. The number of amides is 1. The molecule has 94 valence electrons. The third-order valence-electron chi connectivity index (χ3n) is 2.29. The van der Waals surface area contributed by atoms with Crippen molar-refractivity contribution in [3.63, 3.8) is 0 Å². The lowest BCUT2D eigenvalue weighted by molar-refractivity contribution is 0.0942. The van der Waals surface area contributed by atoms with E-state index >= 15 is 0 Å². The van der Waals surface area contributed by atoms with E-state index in [2.05, 4.69) is 26.2 Å². The van der Waals surface area contributed by atoms with Crippen molar-refractivity contribution in [2.45, 2.75) is 0 Å². The molecule has 2 N–H and O–H groups in total. The standard InChI is InChI=1S/C13H13BrN2O2/c14-10-8-12(16-9-10)13(17)15-6-7-18-11-4-2-1-3-5-11/h1-5,8-9,16H,6-7H2,(H,15,17). The number of aromatic nitrogens is 1. The summed E-state index contributed by atoms with van der Waals surface area (Å²) in [6, 6.07) is 11.2. The van der Waals surface area contributed by atoms with Gasteiger partial charge in [0.05, 0.1) is 6.54 Å². The number of carbonyl (C=O) groups excluding carboxylic acids is 1. The minimum absolute atomic E-state index is 0.141. The van der Waals surface area contributed by atoms with Gasteiger partial charge in [-0.05, 0) is 34.1 Å². The average molecular weight is 309 g/mol. The van der Waals surface area contributed by atoms with E-state index in [-0.39, 0.29) is 5.91 Å². The molecule has 1 amide bonds. The number of hydrogen-bond donors (Lipinski definition) is 2. The molecule has 0 fully saturated rings. The number of ether oxygens (including phenoxy) is 1. The highest BCUT2D eigenvalue weighted by atomic mass is 79.9. The van der Waals surface area contributed by atoms with Crippen LogP contribution in [0.4, 0.5) is 0 Å². The first-order chi connectivity index (χ1) is 8.75. The van der Waals surface area contributed by atoms with Gasteiger partial charge in [-0.1, -0.05) is 18.2 Å². The SMILES string of the molecule is O=C(NCCOc1ccccc1)c1cc(Br)c[nH]1. The number of rotatable bonds is 5. The first kappa shape index (κ1) is 12.7. The highest BCUT2D eigenvalue weighted by molar-refractivity contribution is 9.10. The second-order valence-electron chi connectivity index (χ2n) is 3.65. The maximum atomic E-state index is 11.7. The number of carbonyl (C=O) groups is 1. The zero-order valence-electron chi connectivity index (χ0n) is 9.65. The van der Waals surface area contributed by atoms with Crippen molar-refractivity contribution in [3.8, 4) is 5.75 Å². The topological polar surface area (TPSA) is 54.1 Å². The molecule has 1 aromatic carbocycles. The molecule has 0 spiro atoms. The molecule has 0 bridgehead atoms. The molecule has 0 atom stereocenters. The molecular formula is C13H13BrN2O2. The summed E-state index contributed by atoms with van der Waals surface area (Å²) >= 11 is 3.28. The first-order valence-corrected chi connectivity index (χ1v) is 6.35. The Bertz CT molecular complexity index is 511. The van der Waals surface area contributed by atoms with Gasteiger partial charge in [0, 0.05) is 10.7 Å². The van der Waals surface area contributed by atoms with Gasteiger partial charge in [-0.25, -0.2) is 0 Å². The molecule has 0 saturated heterocycles. The first-order valence-electron chi connectivity index (χ1n) is 5.55.